The topological polar surface area (TPSA) is 61.6 Å². The highest BCUT2D eigenvalue weighted by Crippen LogP contribution is 2.09. The molecule has 0 saturated carbocycles. The van der Waals surface area contributed by atoms with Crippen LogP contribution in [0.4, 0.5) is 0 Å². The predicted octanol–water partition coefficient (Wildman–Crippen LogP) is 1.73. The van der Waals surface area contributed by atoms with E-state index in [-0.39, 0.29) is 5.91 Å². The maximum Gasteiger partial charge on any atom is 0.234 e. The zero-order chi connectivity index (χ0) is 17.6. The van der Waals surface area contributed by atoms with Crippen LogP contribution in [0.15, 0.2) is 34.9 Å². The van der Waals surface area contributed by atoms with Crippen LogP contribution >= 0.6 is 0 Å². The highest BCUT2D eigenvalue weighted by atomic mass is 16.5. The average Bonchev–Trinajstić information content (AvgIpc) is 3.01. The van der Waals surface area contributed by atoms with E-state index in [1.165, 1.54) is 5.56 Å². The summed E-state index contributed by atoms with van der Waals surface area (Å²) in [6.07, 6.45) is 0. The SMILES string of the molecule is Cc1ccc(CNC(=O)CN2CCN(Cc3cc(C)no3)CC2)cc1. The van der Waals surface area contributed by atoms with Gasteiger partial charge in [0.2, 0.25) is 5.91 Å². The molecule has 1 aliphatic rings. The fraction of sp³-hybridized carbons (Fsp3) is 0.474. The number of hydrogen-bond acceptors (Lipinski definition) is 5. The fourth-order valence-electron chi connectivity index (χ4n) is 2.98. The Balaban J connectivity index is 1.36. The van der Waals surface area contributed by atoms with Gasteiger partial charge in [-0.25, -0.2) is 0 Å². The molecular formula is C19H26N4O2. The minimum absolute atomic E-state index is 0.0832. The second kappa shape index (κ2) is 8.27. The minimum atomic E-state index is 0.0832. The third kappa shape index (κ3) is 5.41. The Kier molecular flexibility index (Phi) is 5.83. The zero-order valence-corrected chi connectivity index (χ0v) is 15.0. The number of piperazine rings is 1. The lowest BCUT2D eigenvalue weighted by Crippen LogP contribution is -2.49. The summed E-state index contributed by atoms with van der Waals surface area (Å²) in [7, 11) is 0. The van der Waals surface area contributed by atoms with Crippen LogP contribution in [0.2, 0.25) is 0 Å². The van der Waals surface area contributed by atoms with Crippen LogP contribution in [0, 0.1) is 13.8 Å². The first-order valence-corrected chi connectivity index (χ1v) is 8.77. The second-order valence-corrected chi connectivity index (χ2v) is 6.75. The lowest BCUT2D eigenvalue weighted by atomic mass is 10.1. The fourth-order valence-corrected chi connectivity index (χ4v) is 2.98. The second-order valence-electron chi connectivity index (χ2n) is 6.75. The van der Waals surface area contributed by atoms with Gasteiger partial charge in [-0.1, -0.05) is 35.0 Å². The standard InChI is InChI=1S/C19H26N4O2/c1-15-3-5-17(6-4-15)12-20-19(24)14-23-9-7-22(8-10-23)13-18-11-16(2)21-25-18/h3-6,11H,7-10,12-14H2,1-2H3,(H,20,24). The van der Waals surface area contributed by atoms with Gasteiger partial charge in [-0.05, 0) is 19.4 Å². The number of carbonyl (C=O) groups excluding carboxylic acids is 1. The molecule has 134 valence electrons. The zero-order valence-electron chi connectivity index (χ0n) is 15.0. The van der Waals surface area contributed by atoms with Crippen molar-refractivity contribution in [2.75, 3.05) is 32.7 Å². The molecule has 0 spiro atoms. The van der Waals surface area contributed by atoms with Crippen LogP contribution in [0.25, 0.3) is 0 Å². The molecule has 6 nitrogen and oxygen atoms in total. The van der Waals surface area contributed by atoms with E-state index in [1.807, 2.05) is 13.0 Å². The molecule has 2 aromatic rings. The Morgan fingerprint density at radius 2 is 1.80 bits per heavy atom. The number of aryl methyl sites for hydroxylation is 2. The van der Waals surface area contributed by atoms with Gasteiger partial charge in [-0.3, -0.25) is 14.6 Å². The average molecular weight is 342 g/mol. The Morgan fingerprint density at radius 3 is 2.44 bits per heavy atom. The number of amides is 1. The van der Waals surface area contributed by atoms with Crippen molar-refractivity contribution < 1.29 is 9.32 Å². The van der Waals surface area contributed by atoms with Gasteiger partial charge in [0, 0.05) is 38.8 Å². The molecule has 25 heavy (non-hydrogen) atoms. The van der Waals surface area contributed by atoms with Crippen LogP contribution < -0.4 is 5.32 Å². The number of rotatable bonds is 6. The van der Waals surface area contributed by atoms with Gasteiger partial charge >= 0.3 is 0 Å². The molecule has 1 aliphatic heterocycles. The monoisotopic (exact) mass is 342 g/mol. The van der Waals surface area contributed by atoms with Crippen molar-refractivity contribution >= 4 is 5.91 Å². The molecule has 1 aromatic heterocycles. The highest BCUT2D eigenvalue weighted by Gasteiger charge is 2.20. The van der Waals surface area contributed by atoms with E-state index in [9.17, 15) is 4.79 Å². The molecule has 1 aromatic carbocycles. The lowest BCUT2D eigenvalue weighted by Gasteiger charge is -2.33. The van der Waals surface area contributed by atoms with Crippen LogP contribution in [0.3, 0.4) is 0 Å². The summed E-state index contributed by atoms with van der Waals surface area (Å²) in [6.45, 7) is 9.48. The van der Waals surface area contributed by atoms with E-state index >= 15 is 0 Å². The molecule has 0 atom stereocenters. The molecule has 3 rings (SSSR count). The van der Waals surface area contributed by atoms with E-state index in [2.05, 4.69) is 51.5 Å². The third-order valence-electron chi connectivity index (χ3n) is 4.50. The summed E-state index contributed by atoms with van der Waals surface area (Å²) < 4.78 is 5.27. The summed E-state index contributed by atoms with van der Waals surface area (Å²) in [5.41, 5.74) is 3.28. The molecule has 1 amide bonds. The Morgan fingerprint density at radius 1 is 1.12 bits per heavy atom. The van der Waals surface area contributed by atoms with Crippen LogP contribution in [0.1, 0.15) is 22.6 Å². The summed E-state index contributed by atoms with van der Waals surface area (Å²) in [6, 6.07) is 10.2. The van der Waals surface area contributed by atoms with Gasteiger partial charge in [-0.15, -0.1) is 0 Å². The van der Waals surface area contributed by atoms with Crippen molar-refractivity contribution in [3.8, 4) is 0 Å². The molecule has 0 aliphatic carbocycles. The Bertz CT molecular complexity index is 688. The third-order valence-corrected chi connectivity index (χ3v) is 4.50. The first kappa shape index (κ1) is 17.6. The Labute approximate surface area is 148 Å². The number of hydrogen-bond donors (Lipinski definition) is 1. The molecule has 1 fully saturated rings. The molecule has 0 bridgehead atoms. The van der Waals surface area contributed by atoms with E-state index < -0.39 is 0 Å². The number of aromatic nitrogens is 1. The molecule has 0 radical (unpaired) electrons. The first-order valence-electron chi connectivity index (χ1n) is 8.77. The number of nitrogens with one attached hydrogen (secondary N) is 1. The van der Waals surface area contributed by atoms with Crippen molar-refractivity contribution in [2.24, 2.45) is 0 Å². The predicted molar refractivity (Wildman–Crippen MR) is 96.0 cm³/mol. The van der Waals surface area contributed by atoms with Crippen molar-refractivity contribution in [3.05, 3.63) is 52.9 Å². The molecule has 1 N–H and O–H groups in total. The van der Waals surface area contributed by atoms with E-state index in [1.54, 1.807) is 0 Å². The summed E-state index contributed by atoms with van der Waals surface area (Å²) in [5.74, 6) is 0.988. The van der Waals surface area contributed by atoms with Crippen molar-refractivity contribution in [1.82, 2.24) is 20.3 Å². The van der Waals surface area contributed by atoms with E-state index in [0.717, 1.165) is 49.7 Å². The van der Waals surface area contributed by atoms with Crippen molar-refractivity contribution in [3.63, 3.8) is 0 Å². The van der Waals surface area contributed by atoms with E-state index in [4.69, 9.17) is 4.52 Å². The van der Waals surface area contributed by atoms with Gasteiger partial charge in [0.15, 0.2) is 5.76 Å². The van der Waals surface area contributed by atoms with Crippen LogP contribution in [0.5, 0.6) is 0 Å². The molecular weight excluding hydrogens is 316 g/mol. The smallest absolute Gasteiger partial charge is 0.234 e. The molecule has 2 heterocycles. The number of carbonyl (C=O) groups is 1. The first-order chi connectivity index (χ1) is 12.1. The van der Waals surface area contributed by atoms with E-state index in [0.29, 0.717) is 13.1 Å². The van der Waals surface area contributed by atoms with Gasteiger partial charge in [0.25, 0.3) is 0 Å². The maximum atomic E-state index is 12.1. The van der Waals surface area contributed by atoms with Gasteiger partial charge in [0.1, 0.15) is 0 Å². The number of nitrogens with zero attached hydrogens (tertiary/aromatic N) is 3. The largest absolute Gasteiger partial charge is 0.360 e. The summed E-state index contributed by atoms with van der Waals surface area (Å²) in [5, 5.41) is 6.92. The van der Waals surface area contributed by atoms with Crippen LogP contribution in [-0.2, 0) is 17.9 Å². The quantitative estimate of drug-likeness (QED) is 0.866. The van der Waals surface area contributed by atoms with Crippen LogP contribution in [-0.4, -0.2) is 53.6 Å². The van der Waals surface area contributed by atoms with Crippen molar-refractivity contribution in [1.29, 1.82) is 0 Å². The van der Waals surface area contributed by atoms with Gasteiger partial charge in [-0.2, -0.15) is 0 Å². The summed E-state index contributed by atoms with van der Waals surface area (Å²) >= 11 is 0. The summed E-state index contributed by atoms with van der Waals surface area (Å²) in [4.78, 5) is 16.7. The molecule has 1 saturated heterocycles. The number of benzene rings is 1. The van der Waals surface area contributed by atoms with Gasteiger partial charge < -0.3 is 9.84 Å². The Hall–Kier alpha value is -2.18. The molecule has 0 unspecified atom stereocenters. The highest BCUT2D eigenvalue weighted by molar-refractivity contribution is 5.78. The van der Waals surface area contributed by atoms with Gasteiger partial charge in [0.05, 0.1) is 18.8 Å². The van der Waals surface area contributed by atoms with Crippen molar-refractivity contribution in [2.45, 2.75) is 26.9 Å². The molecule has 6 heteroatoms. The minimum Gasteiger partial charge on any atom is -0.360 e. The maximum absolute atomic E-state index is 12.1. The normalized spacial score (nSPS) is 16.1. The lowest BCUT2D eigenvalue weighted by molar-refractivity contribution is -0.122.